The van der Waals surface area contributed by atoms with Crippen LogP contribution in [0.3, 0.4) is 0 Å². The van der Waals surface area contributed by atoms with Gasteiger partial charge in [0.25, 0.3) is 0 Å². The van der Waals surface area contributed by atoms with Gasteiger partial charge in [-0.25, -0.2) is 0 Å². The highest BCUT2D eigenvalue weighted by molar-refractivity contribution is 7.31. The molecule has 0 aromatic carbocycles. The first-order valence-corrected chi connectivity index (χ1v) is 51.7. The van der Waals surface area contributed by atoms with Gasteiger partial charge in [0.15, 0.2) is 0 Å². The van der Waals surface area contributed by atoms with Crippen LogP contribution in [0.5, 0.6) is 0 Å². The Hall–Kier alpha value is 1.25. The molecule has 0 aromatic heterocycles. The maximum absolute atomic E-state index is 6.37. The summed E-state index contributed by atoms with van der Waals surface area (Å²) in [7, 11) is -18.8. The van der Waals surface area contributed by atoms with Gasteiger partial charge in [0, 0.05) is 77.0 Å². The Balaban J connectivity index is 2.87. The molecule has 0 amide bonds. The smallest absolute Gasteiger partial charge is 0.205 e. The van der Waals surface area contributed by atoms with Gasteiger partial charge in [-0.2, -0.15) is 0 Å². The highest BCUT2D eigenvalue weighted by Gasteiger charge is 2.83. The number of hydrogen-bond acceptors (Lipinski definition) is 2. The molecule has 12 heteroatoms. The van der Waals surface area contributed by atoms with Crippen LogP contribution in [-0.4, -0.2) is 93.5 Å². The molecule has 0 N–H and O–H groups in total. The van der Waals surface area contributed by atoms with Crippen LogP contribution in [0.2, 0.25) is 174 Å². The maximum atomic E-state index is 6.37. The third-order valence-electron chi connectivity index (χ3n) is 15.8. The zero-order chi connectivity index (χ0) is 38.1. The standard InChI is InChI=1S/C36H84N2Si10/c1-39(2,3)33(40(4,5)6)25-26-34(41(7,8)9,42(10,11)12)47(33)31-32-48(38-30-29-37-47)35(43(13,14)15,44(16,17)18)27-28-36(48,45(19,20)21)46(22,23)24/h29-32H,25-28H2,1-24H3/b32-31+,37-29-,38-30-. The topological polar surface area (TPSA) is 24.7 Å². The minimum Gasteiger partial charge on any atom is -0.322 e. The van der Waals surface area contributed by atoms with Gasteiger partial charge in [0.1, 0.15) is 0 Å². The molecule has 0 atom stereocenters. The van der Waals surface area contributed by atoms with E-state index < -0.39 is 81.1 Å². The first kappa shape index (κ1) is 43.7. The van der Waals surface area contributed by atoms with E-state index in [0.717, 1.165) is 0 Å². The van der Waals surface area contributed by atoms with Crippen LogP contribution in [0.1, 0.15) is 25.7 Å². The Morgan fingerprint density at radius 3 is 0.583 bits per heavy atom. The molecule has 0 aromatic rings. The second-order valence-electron chi connectivity index (χ2n) is 25.0. The fourth-order valence-electron chi connectivity index (χ4n) is 16.0. The van der Waals surface area contributed by atoms with E-state index in [1.54, 1.807) is 0 Å². The molecule has 3 heterocycles. The fraction of sp³-hybridized carbons (Fsp3) is 0.889. The summed E-state index contributed by atoms with van der Waals surface area (Å²) in [4.78, 5) is 0. The van der Waals surface area contributed by atoms with E-state index in [1.165, 1.54) is 25.7 Å². The third kappa shape index (κ3) is 5.21. The molecular formula is C36H84N2Si10. The molecule has 2 fully saturated rings. The van der Waals surface area contributed by atoms with Gasteiger partial charge in [-0.15, -0.1) is 0 Å². The van der Waals surface area contributed by atoms with Crippen LogP contribution in [0, 0.1) is 0 Å². The average Bonchev–Trinajstić information content (AvgIpc) is 3.29. The summed E-state index contributed by atoms with van der Waals surface area (Å²) in [6.07, 6.45) is 10.7. The lowest BCUT2D eigenvalue weighted by molar-refractivity contribution is 0.763. The van der Waals surface area contributed by atoms with E-state index in [-0.39, 0.29) is 0 Å². The van der Waals surface area contributed by atoms with Gasteiger partial charge >= 0.3 is 0 Å². The molecule has 278 valence electrons. The Morgan fingerprint density at radius 2 is 0.458 bits per heavy atom. The van der Waals surface area contributed by atoms with Gasteiger partial charge in [-0.05, 0) is 17.1 Å². The zero-order valence-electron chi connectivity index (χ0n) is 37.0. The molecule has 0 unspecified atom stereocenters. The van der Waals surface area contributed by atoms with Gasteiger partial charge in [0.2, 0.25) is 16.5 Å². The summed E-state index contributed by atoms with van der Waals surface area (Å²) in [6.45, 7) is 67.2. The maximum Gasteiger partial charge on any atom is 0.205 e. The first-order chi connectivity index (χ1) is 20.8. The normalized spacial score (nSPS) is 27.5. The molecule has 2 nitrogen and oxygen atoms in total. The monoisotopic (exact) mass is 824 g/mol. The van der Waals surface area contributed by atoms with Crippen molar-refractivity contribution in [3.63, 3.8) is 0 Å². The average molecular weight is 826 g/mol. The molecule has 0 radical (unpaired) electrons. The summed E-state index contributed by atoms with van der Waals surface area (Å²) in [5.41, 5.74) is 6.39. The van der Waals surface area contributed by atoms with Gasteiger partial charge in [-0.3, -0.25) is 0 Å². The van der Waals surface area contributed by atoms with Gasteiger partial charge in [0.05, 0.1) is 0 Å². The van der Waals surface area contributed by atoms with Crippen molar-refractivity contribution in [1.82, 2.24) is 0 Å². The zero-order valence-corrected chi connectivity index (χ0v) is 47.0. The molecule has 3 rings (SSSR count). The van der Waals surface area contributed by atoms with Crippen molar-refractivity contribution in [2.24, 2.45) is 9.32 Å². The Labute approximate surface area is 312 Å². The van der Waals surface area contributed by atoms with E-state index in [2.05, 4.69) is 181 Å². The van der Waals surface area contributed by atoms with Gasteiger partial charge in [-0.1, -0.05) is 194 Å². The van der Waals surface area contributed by atoms with Crippen LogP contribution >= 0.6 is 0 Å². The summed E-state index contributed by atoms with van der Waals surface area (Å²) >= 11 is 0. The van der Waals surface area contributed by atoms with E-state index in [4.69, 9.17) is 9.32 Å². The molecule has 0 aliphatic carbocycles. The van der Waals surface area contributed by atoms with Crippen LogP contribution in [0.15, 0.2) is 20.7 Å². The molecule has 2 saturated heterocycles. The molecule has 48 heavy (non-hydrogen) atoms. The Morgan fingerprint density at radius 1 is 0.312 bits per heavy atom. The lowest BCUT2D eigenvalue weighted by Crippen LogP contribution is -2.77. The van der Waals surface area contributed by atoms with Crippen molar-refractivity contribution < 1.29 is 0 Å². The Bertz CT molecular complexity index is 1090. The highest BCUT2D eigenvalue weighted by Crippen LogP contribution is 2.79. The summed E-state index contributed by atoms with van der Waals surface area (Å²) in [5.74, 6) is 0. The van der Waals surface area contributed by atoms with Crippen molar-refractivity contribution in [2.75, 3.05) is 0 Å². The second-order valence-corrected chi connectivity index (χ2v) is 81.5. The van der Waals surface area contributed by atoms with Crippen molar-refractivity contribution in [3.8, 4) is 0 Å². The van der Waals surface area contributed by atoms with Crippen LogP contribution in [0.25, 0.3) is 0 Å². The molecule has 2 spiro atoms. The summed E-state index contributed by atoms with van der Waals surface area (Å²) < 4.78 is 14.5. The minimum atomic E-state index is -2.52. The second kappa shape index (κ2) is 11.9. The van der Waals surface area contributed by atoms with Crippen molar-refractivity contribution in [2.45, 2.75) is 200 Å². The largest absolute Gasteiger partial charge is 0.322 e. The van der Waals surface area contributed by atoms with E-state index in [9.17, 15) is 0 Å². The SMILES string of the molecule is C[Si](C)(C)C1([Si](C)(C)C)CCC([Si](C)(C)C)([Si](C)(C)C)[Si]12/C=C/[Si]1(/N=C\C=N/2)C([Si](C)(C)C)([Si](C)(C)C)CCC1([Si](C)(C)C)[Si](C)(C)C. The van der Waals surface area contributed by atoms with E-state index >= 15 is 0 Å². The predicted octanol–water partition coefficient (Wildman–Crippen LogP) is 13.2. The summed E-state index contributed by atoms with van der Waals surface area (Å²) in [6, 6.07) is 0. The Kier molecular flexibility index (Phi) is 10.8. The molecular weight excluding hydrogens is 741 g/mol. The number of hydrogen-bond donors (Lipinski definition) is 0. The van der Waals surface area contributed by atoms with Crippen LogP contribution in [-0.2, 0) is 0 Å². The van der Waals surface area contributed by atoms with E-state index in [1.807, 2.05) is 0 Å². The quantitative estimate of drug-likeness (QED) is 0.218. The molecule has 0 saturated carbocycles. The first-order valence-electron chi connectivity index (χ1n) is 19.6. The number of nitrogens with zero attached hydrogens (tertiary/aromatic N) is 2. The lowest BCUT2D eigenvalue weighted by Gasteiger charge is -2.66. The van der Waals surface area contributed by atoms with Gasteiger partial charge < -0.3 is 9.32 Å². The van der Waals surface area contributed by atoms with Crippen molar-refractivity contribution >= 4 is 93.5 Å². The van der Waals surface area contributed by atoms with Crippen LogP contribution < -0.4 is 0 Å². The van der Waals surface area contributed by atoms with Crippen molar-refractivity contribution in [3.05, 3.63) is 11.4 Å². The highest BCUT2D eigenvalue weighted by atomic mass is 28.5. The lowest BCUT2D eigenvalue weighted by atomic mass is 10.4. The number of rotatable bonds is 8. The third-order valence-corrected chi connectivity index (χ3v) is 92.4. The van der Waals surface area contributed by atoms with E-state index in [0.29, 0.717) is 17.1 Å². The molecule has 3 aliphatic rings. The van der Waals surface area contributed by atoms with Crippen LogP contribution in [0.4, 0.5) is 0 Å². The fourth-order valence-corrected chi connectivity index (χ4v) is 115. The minimum absolute atomic E-state index is 0.432. The predicted molar refractivity (Wildman–Crippen MR) is 254 cm³/mol. The van der Waals surface area contributed by atoms with Crippen molar-refractivity contribution in [1.29, 1.82) is 0 Å². The summed E-state index contributed by atoms with van der Waals surface area (Å²) in [5, 5.41) is 0. The molecule has 3 aliphatic heterocycles. The molecule has 0 bridgehead atoms.